The van der Waals surface area contributed by atoms with Crippen LogP contribution in [-0.4, -0.2) is 38.5 Å². The molecule has 0 unspecified atom stereocenters. The highest BCUT2D eigenvalue weighted by molar-refractivity contribution is 7.80. The number of thiocarbonyl (C=S) groups is 1. The third kappa shape index (κ3) is 7.77. The first-order valence-corrected chi connectivity index (χ1v) is 6.70. The van der Waals surface area contributed by atoms with Crippen molar-refractivity contribution in [1.82, 2.24) is 0 Å². The van der Waals surface area contributed by atoms with Gasteiger partial charge in [0, 0.05) is 26.7 Å². The molecule has 5 heteroatoms. The lowest BCUT2D eigenvalue weighted by Gasteiger charge is -2.08. The maximum atomic E-state index is 5.55. The summed E-state index contributed by atoms with van der Waals surface area (Å²) in [5.74, 6) is 0.826. The molecule has 1 rings (SSSR count). The van der Waals surface area contributed by atoms with Gasteiger partial charge in [-0.2, -0.15) is 0 Å². The summed E-state index contributed by atoms with van der Waals surface area (Å²) in [4.78, 5) is 0.498. The van der Waals surface area contributed by atoms with Crippen molar-refractivity contribution >= 4 is 17.2 Å². The quantitative estimate of drug-likeness (QED) is 0.525. The summed E-state index contributed by atoms with van der Waals surface area (Å²) < 4.78 is 15.9. The Morgan fingerprint density at radius 1 is 1.11 bits per heavy atom. The van der Waals surface area contributed by atoms with E-state index in [9.17, 15) is 0 Å². The van der Waals surface area contributed by atoms with Crippen LogP contribution in [-0.2, 0) is 15.9 Å². The SMILES string of the molecule is COCCCOCCOc1ccc(CC(N)=S)cc1. The number of methoxy groups -OCH3 is 1. The van der Waals surface area contributed by atoms with Gasteiger partial charge in [-0.3, -0.25) is 0 Å². The van der Waals surface area contributed by atoms with E-state index in [1.165, 1.54) is 0 Å². The van der Waals surface area contributed by atoms with Crippen LogP contribution in [0.3, 0.4) is 0 Å². The number of ether oxygens (including phenoxy) is 3. The Hall–Kier alpha value is -1.17. The van der Waals surface area contributed by atoms with Crippen molar-refractivity contribution in [2.24, 2.45) is 5.73 Å². The first-order valence-electron chi connectivity index (χ1n) is 6.29. The van der Waals surface area contributed by atoms with Crippen LogP contribution in [0.25, 0.3) is 0 Å². The molecule has 1 aromatic rings. The lowest BCUT2D eigenvalue weighted by atomic mass is 10.1. The van der Waals surface area contributed by atoms with Gasteiger partial charge < -0.3 is 19.9 Å². The van der Waals surface area contributed by atoms with E-state index in [4.69, 9.17) is 32.2 Å². The van der Waals surface area contributed by atoms with E-state index < -0.39 is 0 Å². The Kier molecular flexibility index (Phi) is 8.13. The van der Waals surface area contributed by atoms with Crippen molar-refractivity contribution in [1.29, 1.82) is 0 Å². The van der Waals surface area contributed by atoms with Crippen LogP contribution in [0.2, 0.25) is 0 Å². The number of benzene rings is 1. The molecule has 0 fully saturated rings. The van der Waals surface area contributed by atoms with Gasteiger partial charge in [-0.15, -0.1) is 0 Å². The Morgan fingerprint density at radius 2 is 1.84 bits per heavy atom. The predicted octanol–water partition coefficient (Wildman–Crippen LogP) is 1.95. The molecule has 0 heterocycles. The van der Waals surface area contributed by atoms with Gasteiger partial charge in [0.15, 0.2) is 0 Å². The second-order valence-corrected chi connectivity index (χ2v) is 4.62. The van der Waals surface area contributed by atoms with E-state index in [2.05, 4.69) is 0 Å². The zero-order valence-corrected chi connectivity index (χ0v) is 12.1. The summed E-state index contributed by atoms with van der Waals surface area (Å²) in [7, 11) is 1.68. The molecule has 0 saturated carbocycles. The van der Waals surface area contributed by atoms with Crippen LogP contribution < -0.4 is 10.5 Å². The monoisotopic (exact) mass is 283 g/mol. The van der Waals surface area contributed by atoms with Gasteiger partial charge in [0.2, 0.25) is 0 Å². The van der Waals surface area contributed by atoms with Crippen LogP contribution in [0.15, 0.2) is 24.3 Å². The minimum atomic E-state index is 0.498. The molecular formula is C14H21NO3S. The Bertz CT molecular complexity index is 367. The molecule has 0 aliphatic heterocycles. The molecule has 0 aliphatic carbocycles. The highest BCUT2D eigenvalue weighted by Crippen LogP contribution is 2.12. The van der Waals surface area contributed by atoms with Crippen molar-refractivity contribution in [2.75, 3.05) is 33.5 Å². The van der Waals surface area contributed by atoms with Crippen molar-refractivity contribution in [3.63, 3.8) is 0 Å². The van der Waals surface area contributed by atoms with Gasteiger partial charge >= 0.3 is 0 Å². The second-order valence-electron chi connectivity index (χ2n) is 4.09. The fourth-order valence-corrected chi connectivity index (χ4v) is 1.70. The maximum Gasteiger partial charge on any atom is 0.119 e. The highest BCUT2D eigenvalue weighted by atomic mass is 32.1. The topological polar surface area (TPSA) is 53.7 Å². The summed E-state index contributed by atoms with van der Waals surface area (Å²) in [6, 6.07) is 7.76. The van der Waals surface area contributed by atoms with Gasteiger partial charge in [0.25, 0.3) is 0 Å². The maximum absolute atomic E-state index is 5.55. The van der Waals surface area contributed by atoms with Gasteiger partial charge in [-0.1, -0.05) is 24.4 Å². The van der Waals surface area contributed by atoms with Gasteiger partial charge in [-0.25, -0.2) is 0 Å². The van der Waals surface area contributed by atoms with Gasteiger partial charge in [0.05, 0.1) is 11.6 Å². The zero-order valence-electron chi connectivity index (χ0n) is 11.3. The first kappa shape index (κ1) is 15.9. The van der Waals surface area contributed by atoms with E-state index in [1.807, 2.05) is 24.3 Å². The summed E-state index contributed by atoms with van der Waals surface area (Å²) in [6.45, 7) is 2.55. The molecule has 0 amide bonds. The number of hydrogen-bond donors (Lipinski definition) is 1. The average molecular weight is 283 g/mol. The van der Waals surface area contributed by atoms with Crippen molar-refractivity contribution in [3.05, 3.63) is 29.8 Å². The number of hydrogen-bond acceptors (Lipinski definition) is 4. The normalized spacial score (nSPS) is 10.4. The molecule has 0 atom stereocenters. The first-order chi connectivity index (χ1) is 9.22. The van der Waals surface area contributed by atoms with Crippen molar-refractivity contribution in [2.45, 2.75) is 12.8 Å². The van der Waals surface area contributed by atoms with E-state index in [-0.39, 0.29) is 0 Å². The predicted molar refractivity (Wildman–Crippen MR) is 79.7 cm³/mol. The summed E-state index contributed by atoms with van der Waals surface area (Å²) in [5, 5.41) is 0. The lowest BCUT2D eigenvalue weighted by molar-refractivity contribution is 0.0806. The fourth-order valence-electron chi connectivity index (χ4n) is 1.53. The highest BCUT2D eigenvalue weighted by Gasteiger charge is 1.97. The third-order valence-corrected chi connectivity index (χ3v) is 2.58. The average Bonchev–Trinajstić information content (AvgIpc) is 2.39. The molecule has 106 valence electrons. The van der Waals surface area contributed by atoms with Crippen molar-refractivity contribution < 1.29 is 14.2 Å². The van der Waals surface area contributed by atoms with E-state index in [0.29, 0.717) is 31.2 Å². The third-order valence-electron chi connectivity index (χ3n) is 2.44. The Morgan fingerprint density at radius 3 is 2.47 bits per heavy atom. The van der Waals surface area contributed by atoms with Crippen LogP contribution in [0.5, 0.6) is 5.75 Å². The molecule has 0 saturated heterocycles. The summed E-state index contributed by atoms with van der Waals surface area (Å²) in [6.07, 6.45) is 1.53. The summed E-state index contributed by atoms with van der Waals surface area (Å²) >= 11 is 4.86. The molecule has 19 heavy (non-hydrogen) atoms. The number of nitrogens with two attached hydrogens (primary N) is 1. The second kappa shape index (κ2) is 9.72. The molecule has 0 bridgehead atoms. The van der Waals surface area contributed by atoms with E-state index in [0.717, 1.165) is 24.3 Å². The Balaban J connectivity index is 2.14. The molecule has 4 nitrogen and oxygen atoms in total. The van der Waals surface area contributed by atoms with Gasteiger partial charge in [0.1, 0.15) is 12.4 Å². The molecule has 2 N–H and O–H groups in total. The minimum Gasteiger partial charge on any atom is -0.491 e. The van der Waals surface area contributed by atoms with Crippen LogP contribution >= 0.6 is 12.2 Å². The fraction of sp³-hybridized carbons (Fsp3) is 0.500. The van der Waals surface area contributed by atoms with Crippen LogP contribution in [0.1, 0.15) is 12.0 Å². The van der Waals surface area contributed by atoms with Crippen LogP contribution in [0, 0.1) is 0 Å². The minimum absolute atomic E-state index is 0.498. The van der Waals surface area contributed by atoms with Gasteiger partial charge in [-0.05, 0) is 24.1 Å². The molecule has 0 spiro atoms. The summed E-state index contributed by atoms with van der Waals surface area (Å²) in [5.41, 5.74) is 6.58. The van der Waals surface area contributed by atoms with Crippen LogP contribution in [0.4, 0.5) is 0 Å². The molecule has 0 aliphatic rings. The largest absolute Gasteiger partial charge is 0.491 e. The Labute approximate surface area is 119 Å². The standard InChI is InChI=1S/C14H21NO3S/c1-16-7-2-8-17-9-10-18-13-5-3-12(4-6-13)11-14(15)19/h3-6H,2,7-11H2,1H3,(H2,15,19). The lowest BCUT2D eigenvalue weighted by Crippen LogP contribution is -2.11. The van der Waals surface area contributed by atoms with Crippen molar-refractivity contribution in [3.8, 4) is 5.75 Å². The van der Waals surface area contributed by atoms with E-state index in [1.54, 1.807) is 7.11 Å². The number of rotatable bonds is 10. The van der Waals surface area contributed by atoms with E-state index >= 15 is 0 Å². The zero-order chi connectivity index (χ0) is 13.9. The molecular weight excluding hydrogens is 262 g/mol. The molecule has 1 aromatic carbocycles. The smallest absolute Gasteiger partial charge is 0.119 e. The molecule has 0 radical (unpaired) electrons. The molecule has 0 aromatic heterocycles.